The van der Waals surface area contributed by atoms with Gasteiger partial charge in [-0.15, -0.1) is 0 Å². The van der Waals surface area contributed by atoms with Gasteiger partial charge in [0.2, 0.25) is 5.91 Å². The zero-order chi connectivity index (χ0) is 24.3. The molecule has 11 heteroatoms. The highest BCUT2D eigenvalue weighted by atomic mass is 32.1. The van der Waals surface area contributed by atoms with E-state index in [1.165, 1.54) is 12.6 Å². The van der Waals surface area contributed by atoms with E-state index in [-0.39, 0.29) is 11.3 Å². The first-order chi connectivity index (χ1) is 16.2. The number of rotatable bonds is 6. The molecule has 0 aromatic carbocycles. The number of pyridine rings is 2. The summed E-state index contributed by atoms with van der Waals surface area (Å²) >= 11 is 5.50. The fourth-order valence-electron chi connectivity index (χ4n) is 3.90. The van der Waals surface area contributed by atoms with Gasteiger partial charge in [0.1, 0.15) is 17.3 Å². The van der Waals surface area contributed by atoms with Crippen molar-refractivity contribution in [3.63, 3.8) is 0 Å². The summed E-state index contributed by atoms with van der Waals surface area (Å²) in [7, 11) is 1.79. The van der Waals surface area contributed by atoms with Crippen LogP contribution in [0.25, 0.3) is 0 Å². The molecule has 0 fully saturated rings. The molecule has 0 saturated heterocycles. The lowest BCUT2D eigenvalue weighted by Gasteiger charge is -2.30. The molecule has 34 heavy (non-hydrogen) atoms. The number of aryl methyl sites for hydroxylation is 1. The fourth-order valence-corrected chi connectivity index (χ4v) is 4.10. The highest BCUT2D eigenvalue weighted by molar-refractivity contribution is 7.80. The van der Waals surface area contributed by atoms with Crippen LogP contribution in [0.5, 0.6) is 11.5 Å². The third-order valence-corrected chi connectivity index (χ3v) is 5.73. The molecular weight excluding hydrogens is 452 g/mol. The summed E-state index contributed by atoms with van der Waals surface area (Å²) in [5, 5.41) is 17.0. The van der Waals surface area contributed by atoms with Crippen molar-refractivity contribution in [3.05, 3.63) is 42.4 Å². The second-order valence-corrected chi connectivity index (χ2v) is 9.09. The van der Waals surface area contributed by atoms with Crippen LogP contribution in [0.1, 0.15) is 39.3 Å². The minimum absolute atomic E-state index is 0.0919. The predicted octanol–water partition coefficient (Wildman–Crippen LogP) is 4.35. The van der Waals surface area contributed by atoms with E-state index in [2.05, 4.69) is 56.2 Å². The number of aromatic nitrogens is 4. The van der Waals surface area contributed by atoms with E-state index in [0.29, 0.717) is 39.8 Å². The number of thiocarbonyl (C=S) groups is 1. The number of nitrogens with one attached hydrogen (secondary N) is 4. The molecule has 4 heterocycles. The summed E-state index contributed by atoms with van der Waals surface area (Å²) in [6, 6.07) is 7.19. The summed E-state index contributed by atoms with van der Waals surface area (Å²) < 4.78 is 7.93. The van der Waals surface area contributed by atoms with E-state index >= 15 is 0 Å². The topological polar surface area (TPSA) is 118 Å². The Labute approximate surface area is 203 Å². The SMILES string of the molecule is CNc1cc(Oc2ccnc(NC(C)=O)c2)cnc1NC(=S)Nc1cc2n(n1)CCCC2(C)C. The zero-order valence-corrected chi connectivity index (χ0v) is 20.4. The summed E-state index contributed by atoms with van der Waals surface area (Å²) in [4.78, 5) is 19.8. The maximum atomic E-state index is 11.2. The monoisotopic (exact) mass is 480 g/mol. The fraction of sp³-hybridized carbons (Fsp3) is 0.348. The van der Waals surface area contributed by atoms with Gasteiger partial charge in [-0.3, -0.25) is 9.48 Å². The van der Waals surface area contributed by atoms with E-state index in [0.717, 1.165) is 19.4 Å². The van der Waals surface area contributed by atoms with Crippen LogP contribution in [-0.2, 0) is 16.8 Å². The molecule has 1 amide bonds. The Kier molecular flexibility index (Phi) is 6.64. The first-order valence-electron chi connectivity index (χ1n) is 11.0. The van der Waals surface area contributed by atoms with Crippen molar-refractivity contribution in [1.82, 2.24) is 19.7 Å². The number of amides is 1. The molecule has 0 atom stereocenters. The van der Waals surface area contributed by atoms with E-state index in [9.17, 15) is 4.79 Å². The Balaban J connectivity index is 1.43. The standard InChI is InChI=1S/C23H28N8O2S/c1-14(32)27-19-11-15(6-8-25-19)33-16-10-17(24-4)21(26-13-16)29-22(34)28-20-12-18-23(2,3)7-5-9-31(18)30-20/h6,8,10-13,24H,5,7,9H2,1-4H3,(H,25,27,32)(H2,26,28,29,30,34). The molecule has 3 aromatic rings. The molecule has 10 nitrogen and oxygen atoms in total. The molecule has 0 bridgehead atoms. The number of fused-ring (bicyclic) bond motifs is 1. The summed E-state index contributed by atoms with van der Waals surface area (Å²) in [5.41, 5.74) is 2.00. The molecule has 178 valence electrons. The molecule has 0 unspecified atom stereocenters. The number of nitrogens with zero attached hydrogens (tertiary/aromatic N) is 4. The van der Waals surface area contributed by atoms with Crippen molar-refractivity contribution in [2.24, 2.45) is 0 Å². The van der Waals surface area contributed by atoms with Crippen LogP contribution in [0.3, 0.4) is 0 Å². The van der Waals surface area contributed by atoms with Gasteiger partial charge in [0.25, 0.3) is 0 Å². The number of ether oxygens (including phenoxy) is 1. The van der Waals surface area contributed by atoms with Crippen molar-refractivity contribution >= 4 is 46.4 Å². The van der Waals surface area contributed by atoms with Crippen LogP contribution in [0.4, 0.5) is 23.1 Å². The van der Waals surface area contributed by atoms with Crippen molar-refractivity contribution in [1.29, 1.82) is 0 Å². The molecule has 1 aliphatic rings. The average Bonchev–Trinajstić information content (AvgIpc) is 3.18. The van der Waals surface area contributed by atoms with Crippen LogP contribution in [0.15, 0.2) is 36.7 Å². The Morgan fingerprint density at radius 2 is 1.94 bits per heavy atom. The Hall–Kier alpha value is -3.73. The Morgan fingerprint density at radius 3 is 2.68 bits per heavy atom. The second kappa shape index (κ2) is 9.64. The molecule has 1 aliphatic heterocycles. The summed E-state index contributed by atoms with van der Waals surface area (Å²) in [6.07, 6.45) is 5.39. The largest absolute Gasteiger partial charge is 0.455 e. The molecule has 0 radical (unpaired) electrons. The van der Waals surface area contributed by atoms with Crippen LogP contribution >= 0.6 is 12.2 Å². The van der Waals surface area contributed by atoms with Crippen molar-refractivity contribution in [3.8, 4) is 11.5 Å². The van der Waals surface area contributed by atoms with Crippen molar-refractivity contribution < 1.29 is 9.53 Å². The maximum Gasteiger partial charge on any atom is 0.222 e. The third kappa shape index (κ3) is 5.42. The normalized spacial score (nSPS) is 14.0. The maximum absolute atomic E-state index is 11.2. The summed E-state index contributed by atoms with van der Waals surface area (Å²) in [5.74, 6) is 2.49. The number of carbonyl (C=O) groups excluding carboxylic acids is 1. The van der Waals surface area contributed by atoms with Crippen LogP contribution < -0.4 is 26.0 Å². The number of anilines is 4. The molecule has 0 spiro atoms. The number of hydrogen-bond acceptors (Lipinski definition) is 7. The predicted molar refractivity (Wildman–Crippen MR) is 137 cm³/mol. The van der Waals surface area contributed by atoms with Gasteiger partial charge in [0.15, 0.2) is 16.7 Å². The molecule has 4 rings (SSSR count). The first kappa shape index (κ1) is 23.4. The lowest BCUT2D eigenvalue weighted by Crippen LogP contribution is -2.27. The summed E-state index contributed by atoms with van der Waals surface area (Å²) in [6.45, 7) is 6.81. The lowest BCUT2D eigenvalue weighted by molar-refractivity contribution is -0.114. The van der Waals surface area contributed by atoms with Crippen LogP contribution in [0, 0.1) is 0 Å². The van der Waals surface area contributed by atoms with E-state index in [1.54, 1.807) is 37.6 Å². The van der Waals surface area contributed by atoms with Gasteiger partial charge in [-0.05, 0) is 31.1 Å². The van der Waals surface area contributed by atoms with Gasteiger partial charge in [-0.1, -0.05) is 13.8 Å². The number of carbonyl (C=O) groups is 1. The third-order valence-electron chi connectivity index (χ3n) is 5.52. The van der Waals surface area contributed by atoms with Gasteiger partial charge >= 0.3 is 0 Å². The lowest BCUT2D eigenvalue weighted by atomic mass is 9.82. The zero-order valence-electron chi connectivity index (χ0n) is 19.6. The van der Waals surface area contributed by atoms with Crippen molar-refractivity contribution in [2.75, 3.05) is 28.3 Å². The van der Waals surface area contributed by atoms with E-state index in [4.69, 9.17) is 17.0 Å². The minimum Gasteiger partial charge on any atom is -0.455 e. The quantitative estimate of drug-likeness (QED) is 0.382. The smallest absolute Gasteiger partial charge is 0.222 e. The van der Waals surface area contributed by atoms with E-state index in [1.807, 2.05) is 4.68 Å². The van der Waals surface area contributed by atoms with E-state index < -0.39 is 0 Å². The van der Waals surface area contributed by atoms with Crippen molar-refractivity contribution in [2.45, 2.75) is 45.6 Å². The Morgan fingerprint density at radius 1 is 1.12 bits per heavy atom. The Bertz CT molecular complexity index is 1220. The molecule has 0 saturated carbocycles. The van der Waals surface area contributed by atoms with Gasteiger partial charge < -0.3 is 26.0 Å². The molecule has 3 aromatic heterocycles. The van der Waals surface area contributed by atoms with Gasteiger partial charge in [0, 0.05) is 56.0 Å². The number of hydrogen-bond donors (Lipinski definition) is 4. The van der Waals surface area contributed by atoms with Crippen LogP contribution in [0.2, 0.25) is 0 Å². The van der Waals surface area contributed by atoms with Gasteiger partial charge in [0.05, 0.1) is 11.9 Å². The molecule has 0 aliphatic carbocycles. The molecule has 4 N–H and O–H groups in total. The molecular formula is C23H28N8O2S. The highest BCUT2D eigenvalue weighted by Gasteiger charge is 2.29. The van der Waals surface area contributed by atoms with Gasteiger partial charge in [-0.2, -0.15) is 5.10 Å². The van der Waals surface area contributed by atoms with Crippen LogP contribution in [-0.4, -0.2) is 37.8 Å². The highest BCUT2D eigenvalue weighted by Crippen LogP contribution is 2.34. The average molecular weight is 481 g/mol. The van der Waals surface area contributed by atoms with Gasteiger partial charge in [-0.25, -0.2) is 9.97 Å². The second-order valence-electron chi connectivity index (χ2n) is 8.68. The first-order valence-corrected chi connectivity index (χ1v) is 11.4. The minimum atomic E-state index is -0.205.